The van der Waals surface area contributed by atoms with Crippen molar-refractivity contribution in [3.8, 4) is 34.1 Å². The number of fused-ring (bicyclic) bond motifs is 8. The number of nitrogens with zero attached hydrogens (tertiary/aromatic N) is 3. The Labute approximate surface area is 524 Å². The second kappa shape index (κ2) is 25.7. The zero-order valence-electron chi connectivity index (χ0n) is 54.8. The number of H-pyrrole nitrogens is 2. The molecular formula is C81H91N5O2. The summed E-state index contributed by atoms with van der Waals surface area (Å²) in [6.07, 6.45) is 20.4. The molecule has 8 bridgehead atoms. The van der Waals surface area contributed by atoms with E-state index in [1.807, 2.05) is 0 Å². The summed E-state index contributed by atoms with van der Waals surface area (Å²) in [5.74, 6) is 6.00. The Morgan fingerprint density at radius 3 is 1.27 bits per heavy atom. The highest BCUT2D eigenvalue weighted by Crippen LogP contribution is 2.45. The highest BCUT2D eigenvalue weighted by molar-refractivity contribution is 6.00. The van der Waals surface area contributed by atoms with E-state index in [0.717, 1.165) is 91.3 Å². The Morgan fingerprint density at radius 1 is 0.443 bits per heavy atom. The number of hydrogen-bond donors (Lipinski definition) is 3. The number of nitrogens with one attached hydrogen (secondary N) is 2. The van der Waals surface area contributed by atoms with Crippen molar-refractivity contribution in [1.82, 2.24) is 19.9 Å². The molecule has 0 radical (unpaired) electrons. The van der Waals surface area contributed by atoms with Crippen LogP contribution in [0.4, 0.5) is 17.1 Å². The summed E-state index contributed by atoms with van der Waals surface area (Å²) in [6, 6.07) is 48.2. The van der Waals surface area contributed by atoms with E-state index < -0.39 is 5.97 Å². The first kappa shape index (κ1) is 62.6. The van der Waals surface area contributed by atoms with E-state index >= 15 is 0 Å². The summed E-state index contributed by atoms with van der Waals surface area (Å²) < 4.78 is 0. The quantitative estimate of drug-likeness (QED) is 0.0661. The molecule has 7 heteroatoms. The minimum absolute atomic E-state index is 0.151. The fourth-order valence-electron chi connectivity index (χ4n) is 11.8. The first-order valence-corrected chi connectivity index (χ1v) is 32.2. The zero-order chi connectivity index (χ0) is 62.7. The number of carboxylic acid groups (broad SMARTS) is 1. The molecule has 2 aliphatic heterocycles. The van der Waals surface area contributed by atoms with Gasteiger partial charge < -0.3 is 20.0 Å². The van der Waals surface area contributed by atoms with Crippen molar-refractivity contribution in [1.29, 1.82) is 0 Å². The van der Waals surface area contributed by atoms with E-state index in [9.17, 15) is 9.90 Å². The molecule has 8 aromatic rings. The van der Waals surface area contributed by atoms with Crippen molar-refractivity contribution in [3.63, 3.8) is 0 Å². The summed E-state index contributed by atoms with van der Waals surface area (Å²) in [4.78, 5) is 33.9. The molecule has 5 heterocycles. The largest absolute Gasteiger partial charge is 0.478 e. The molecule has 3 aromatic heterocycles. The van der Waals surface area contributed by atoms with Crippen LogP contribution in [0.1, 0.15) is 226 Å². The van der Waals surface area contributed by atoms with Gasteiger partial charge in [0, 0.05) is 39.1 Å². The van der Waals surface area contributed by atoms with E-state index in [4.69, 9.17) is 9.97 Å². The lowest BCUT2D eigenvalue weighted by molar-refractivity contribution is 0.0696. The standard InChI is InChI=1S/C81H91N5O2/c1-15-17-19-21-23-53-27-34-63(35-28-53)86(64-36-29-54(30-37-64)24-22-20-18-16-2)76-72-45-43-70(84-72)74(57-47-59(78(3,4)5)51-60(48-57)79(6,7)8)68-41-39-66(82-68)65(38-31-55-25-32-56(33-26-55)77(87)88)67-40-42-69(83-67)75(71-44-46-73(76)85-71)58-49-61(80(9,10)11)52-62(50-58)81(12,13)14/h25-30,32-37,39-52,82,85H,15-24H2,1-14H3,(H,87,88). The molecule has 0 amide bonds. The highest BCUT2D eigenvalue weighted by Gasteiger charge is 2.27. The van der Waals surface area contributed by atoms with E-state index in [1.165, 1.54) is 84.7 Å². The lowest BCUT2D eigenvalue weighted by atomic mass is 9.78. The molecule has 3 N–H and O–H groups in total. The van der Waals surface area contributed by atoms with E-state index in [2.05, 4.69) is 257 Å². The maximum absolute atomic E-state index is 11.9. The fraction of sp³-hybridized carbons (Fsp3) is 0.346. The van der Waals surface area contributed by atoms with Crippen LogP contribution < -0.4 is 4.90 Å². The van der Waals surface area contributed by atoms with Crippen molar-refractivity contribution < 1.29 is 9.90 Å². The van der Waals surface area contributed by atoms with Gasteiger partial charge in [0.15, 0.2) is 0 Å². The number of aromatic amines is 2. The van der Waals surface area contributed by atoms with Crippen LogP contribution in [0.2, 0.25) is 0 Å². The molecule has 0 aliphatic carbocycles. The van der Waals surface area contributed by atoms with E-state index in [0.29, 0.717) is 16.8 Å². The highest BCUT2D eigenvalue weighted by atomic mass is 16.4. The maximum atomic E-state index is 11.9. The van der Waals surface area contributed by atoms with Crippen LogP contribution in [0.3, 0.4) is 0 Å². The number of anilines is 3. The maximum Gasteiger partial charge on any atom is 0.335 e. The number of carboxylic acids is 1. The first-order chi connectivity index (χ1) is 41.9. The molecule has 452 valence electrons. The number of unbranched alkanes of at least 4 members (excludes halogenated alkanes) is 6. The molecule has 10 rings (SSSR count). The number of benzene rings is 5. The summed E-state index contributed by atoms with van der Waals surface area (Å²) in [5.41, 5.74) is 22.4. The number of aromatic nitrogens is 4. The topological polar surface area (TPSA) is 97.9 Å². The van der Waals surface area contributed by atoms with Crippen LogP contribution in [-0.4, -0.2) is 31.0 Å². The Kier molecular flexibility index (Phi) is 18.3. The van der Waals surface area contributed by atoms with Gasteiger partial charge >= 0.3 is 5.97 Å². The van der Waals surface area contributed by atoms with Crippen molar-refractivity contribution in [2.45, 2.75) is 183 Å². The molecule has 0 unspecified atom stereocenters. The lowest BCUT2D eigenvalue weighted by Crippen LogP contribution is -2.16. The third-order valence-electron chi connectivity index (χ3n) is 17.3. The minimum Gasteiger partial charge on any atom is -0.478 e. The predicted molar refractivity (Wildman–Crippen MR) is 374 cm³/mol. The fourth-order valence-corrected chi connectivity index (χ4v) is 11.8. The van der Waals surface area contributed by atoms with Crippen LogP contribution in [0.25, 0.3) is 68.6 Å². The van der Waals surface area contributed by atoms with Gasteiger partial charge in [-0.15, -0.1) is 0 Å². The van der Waals surface area contributed by atoms with Gasteiger partial charge in [0.2, 0.25) is 0 Å². The molecule has 7 nitrogen and oxygen atoms in total. The van der Waals surface area contributed by atoms with E-state index in [-0.39, 0.29) is 27.2 Å². The van der Waals surface area contributed by atoms with Gasteiger partial charge in [-0.3, -0.25) is 0 Å². The van der Waals surface area contributed by atoms with Crippen molar-refractivity contribution >= 4 is 69.4 Å². The number of hydrogen-bond acceptors (Lipinski definition) is 4. The minimum atomic E-state index is -0.980. The van der Waals surface area contributed by atoms with Crippen LogP contribution in [0.15, 0.2) is 133 Å². The number of aromatic carboxylic acids is 1. The summed E-state index contributed by atoms with van der Waals surface area (Å²) in [7, 11) is 0. The van der Waals surface area contributed by atoms with Crippen LogP contribution >= 0.6 is 0 Å². The van der Waals surface area contributed by atoms with Crippen molar-refractivity contribution in [2.75, 3.05) is 4.90 Å². The lowest BCUT2D eigenvalue weighted by Gasteiger charge is -2.27. The molecule has 0 atom stereocenters. The van der Waals surface area contributed by atoms with Crippen molar-refractivity contribution in [2.24, 2.45) is 0 Å². The van der Waals surface area contributed by atoms with Gasteiger partial charge in [-0.05, 0) is 189 Å². The summed E-state index contributed by atoms with van der Waals surface area (Å²) >= 11 is 0. The SMILES string of the molecule is CCCCCCc1ccc(N(c2ccc(CCCCCC)cc2)c2c3nc(c(-c4cc(C(C)(C)C)cc(C(C)(C)C)c4)c4ccc([nH]4)c(C#Cc4ccc(C(=O)O)cc4)c4nc(c(-c5cc(C(C)(C)C)cc(C(C)(C)C)c5)c5ccc2[nH]5)C=C4)C=C3)cc1. The second-order valence-electron chi connectivity index (χ2n) is 28.5. The summed E-state index contributed by atoms with van der Waals surface area (Å²) in [5, 5.41) is 9.77. The zero-order valence-corrected chi connectivity index (χ0v) is 54.8. The van der Waals surface area contributed by atoms with Crippen molar-refractivity contribution in [3.05, 3.63) is 206 Å². The van der Waals surface area contributed by atoms with Gasteiger partial charge in [-0.2, -0.15) is 0 Å². The summed E-state index contributed by atoms with van der Waals surface area (Å²) in [6.45, 7) is 32.0. The molecule has 0 saturated heterocycles. The Hall–Kier alpha value is -8.47. The van der Waals surface area contributed by atoms with Crippen LogP contribution in [-0.2, 0) is 34.5 Å². The Balaban J connectivity index is 1.36. The van der Waals surface area contributed by atoms with E-state index in [1.54, 1.807) is 24.3 Å². The second-order valence-corrected chi connectivity index (χ2v) is 28.5. The Bertz CT molecular complexity index is 3970. The van der Waals surface area contributed by atoms with Gasteiger partial charge in [0.1, 0.15) is 0 Å². The third kappa shape index (κ3) is 14.2. The van der Waals surface area contributed by atoms with Crippen LogP contribution in [0, 0.1) is 11.8 Å². The van der Waals surface area contributed by atoms with Gasteiger partial charge in [-0.25, -0.2) is 14.8 Å². The predicted octanol–water partition coefficient (Wildman–Crippen LogP) is 22.0. The average molecular weight is 1170 g/mol. The number of aryl methyl sites for hydroxylation is 2. The van der Waals surface area contributed by atoms with Crippen LogP contribution in [0.5, 0.6) is 0 Å². The number of carbonyl (C=O) groups is 1. The molecule has 0 saturated carbocycles. The molecular weight excluding hydrogens is 1070 g/mol. The molecule has 5 aromatic carbocycles. The number of rotatable bonds is 16. The average Bonchev–Trinajstić information content (AvgIpc) is 2.33. The smallest absolute Gasteiger partial charge is 0.335 e. The molecule has 0 spiro atoms. The monoisotopic (exact) mass is 1170 g/mol. The Morgan fingerprint density at radius 2 is 0.841 bits per heavy atom. The van der Waals surface area contributed by atoms with Gasteiger partial charge in [0.05, 0.1) is 50.6 Å². The molecule has 0 fully saturated rings. The van der Waals surface area contributed by atoms with Gasteiger partial charge in [0.25, 0.3) is 0 Å². The molecule has 2 aliphatic rings. The van der Waals surface area contributed by atoms with Gasteiger partial charge in [-0.1, -0.05) is 208 Å². The normalized spacial score (nSPS) is 12.6. The third-order valence-corrected chi connectivity index (χ3v) is 17.3. The first-order valence-electron chi connectivity index (χ1n) is 32.2. The molecule has 88 heavy (non-hydrogen) atoms.